The number of benzene rings is 1. The third-order valence-electron chi connectivity index (χ3n) is 5.38. The maximum Gasteiger partial charge on any atom is 0.155 e. The van der Waals surface area contributed by atoms with Crippen LogP contribution in [0.3, 0.4) is 0 Å². The number of aryl methyl sites for hydroxylation is 1. The lowest BCUT2D eigenvalue weighted by Gasteiger charge is -2.38. The summed E-state index contributed by atoms with van der Waals surface area (Å²) in [6.45, 7) is 7.71. The molecule has 8 heteroatoms. The van der Waals surface area contributed by atoms with Crippen molar-refractivity contribution in [1.82, 2.24) is 25.1 Å². The quantitative estimate of drug-likeness (QED) is 0.691. The molecule has 3 aromatic rings. The number of nitrogens with one attached hydrogen (secondary N) is 1. The number of hydrogen-bond donors (Lipinski definition) is 1. The second-order valence-electron chi connectivity index (χ2n) is 7.06. The molecule has 1 aromatic carbocycles. The molecular formula is C21H26ClFN6. The van der Waals surface area contributed by atoms with Crippen LogP contribution in [0.2, 0.25) is 0 Å². The van der Waals surface area contributed by atoms with Crippen LogP contribution in [0.15, 0.2) is 42.9 Å². The minimum absolute atomic E-state index is 0. The average Bonchev–Trinajstić information content (AvgIpc) is 3.08. The molecule has 1 unspecified atom stereocenters. The molecule has 1 N–H and O–H groups in total. The van der Waals surface area contributed by atoms with E-state index >= 15 is 0 Å². The molecule has 1 atom stereocenters. The fourth-order valence-electron chi connectivity index (χ4n) is 3.83. The molecule has 1 fully saturated rings. The predicted octanol–water partition coefficient (Wildman–Crippen LogP) is 3.25. The highest BCUT2D eigenvalue weighted by molar-refractivity contribution is 5.85. The van der Waals surface area contributed by atoms with Crippen LogP contribution in [-0.2, 0) is 13.0 Å². The fourth-order valence-corrected chi connectivity index (χ4v) is 3.83. The van der Waals surface area contributed by atoms with E-state index in [0.717, 1.165) is 49.7 Å². The van der Waals surface area contributed by atoms with Gasteiger partial charge in [0.15, 0.2) is 5.82 Å². The molecule has 1 aliphatic heterocycles. The van der Waals surface area contributed by atoms with Gasteiger partial charge in [0.2, 0.25) is 0 Å². The van der Waals surface area contributed by atoms with Crippen molar-refractivity contribution in [3.63, 3.8) is 0 Å². The lowest BCUT2D eigenvalue weighted by molar-refractivity contribution is 0.469. The van der Waals surface area contributed by atoms with E-state index < -0.39 is 0 Å². The van der Waals surface area contributed by atoms with Gasteiger partial charge in [0.25, 0.3) is 0 Å². The average molecular weight is 417 g/mol. The zero-order valence-corrected chi connectivity index (χ0v) is 17.5. The van der Waals surface area contributed by atoms with Crippen LogP contribution < -0.4 is 10.2 Å². The molecule has 3 heterocycles. The third kappa shape index (κ3) is 4.41. The van der Waals surface area contributed by atoms with Gasteiger partial charge in [-0.3, -0.25) is 9.67 Å². The first-order valence-corrected chi connectivity index (χ1v) is 9.73. The van der Waals surface area contributed by atoms with E-state index in [9.17, 15) is 4.39 Å². The van der Waals surface area contributed by atoms with Crippen molar-refractivity contribution in [2.24, 2.45) is 0 Å². The standard InChI is InChI=1S/C21H25FN6.ClH/c1-3-28-15(2)17(13-26-28)12-19-14-23-10-11-27(19)21-20(24-8-9-25-21)16-4-6-18(22)7-5-16;/h4-9,13,19,23H,3,10-12,14H2,1-2H3;1H. The van der Waals surface area contributed by atoms with Crippen molar-refractivity contribution >= 4 is 18.2 Å². The van der Waals surface area contributed by atoms with Crippen LogP contribution in [0.4, 0.5) is 10.2 Å². The van der Waals surface area contributed by atoms with Gasteiger partial charge < -0.3 is 10.2 Å². The van der Waals surface area contributed by atoms with Gasteiger partial charge in [-0.15, -0.1) is 12.4 Å². The molecule has 0 amide bonds. The number of aromatic nitrogens is 4. The van der Waals surface area contributed by atoms with Crippen LogP contribution in [0.1, 0.15) is 18.2 Å². The fraction of sp³-hybridized carbons (Fsp3) is 0.381. The molecule has 0 saturated carbocycles. The topological polar surface area (TPSA) is 58.9 Å². The SMILES string of the molecule is CCn1ncc(CC2CNCCN2c2nccnc2-c2ccc(F)cc2)c1C.Cl. The number of piperazine rings is 1. The normalized spacial score (nSPS) is 16.5. The van der Waals surface area contributed by atoms with Crippen LogP contribution in [0.25, 0.3) is 11.3 Å². The summed E-state index contributed by atoms with van der Waals surface area (Å²) in [6, 6.07) is 6.69. The van der Waals surface area contributed by atoms with Gasteiger partial charge in [0.1, 0.15) is 11.5 Å². The van der Waals surface area contributed by atoms with Gasteiger partial charge in [-0.25, -0.2) is 9.37 Å². The molecule has 0 spiro atoms. The van der Waals surface area contributed by atoms with Crippen molar-refractivity contribution in [3.8, 4) is 11.3 Å². The van der Waals surface area contributed by atoms with E-state index in [0.29, 0.717) is 0 Å². The smallest absolute Gasteiger partial charge is 0.155 e. The Morgan fingerprint density at radius 2 is 1.93 bits per heavy atom. The minimum Gasteiger partial charge on any atom is -0.349 e. The molecular weight excluding hydrogens is 391 g/mol. The molecule has 0 radical (unpaired) electrons. The predicted molar refractivity (Wildman–Crippen MR) is 115 cm³/mol. The van der Waals surface area contributed by atoms with Gasteiger partial charge in [-0.05, 0) is 50.1 Å². The highest BCUT2D eigenvalue weighted by atomic mass is 35.5. The molecule has 1 saturated heterocycles. The van der Waals surface area contributed by atoms with Crippen molar-refractivity contribution < 1.29 is 4.39 Å². The monoisotopic (exact) mass is 416 g/mol. The Morgan fingerprint density at radius 1 is 1.17 bits per heavy atom. The second kappa shape index (κ2) is 9.33. The summed E-state index contributed by atoms with van der Waals surface area (Å²) in [5.41, 5.74) is 4.13. The van der Waals surface area contributed by atoms with Gasteiger partial charge >= 0.3 is 0 Å². The molecule has 0 aliphatic carbocycles. The number of rotatable bonds is 5. The van der Waals surface area contributed by atoms with Crippen molar-refractivity contribution in [2.75, 3.05) is 24.5 Å². The Morgan fingerprint density at radius 3 is 2.66 bits per heavy atom. The number of nitrogens with zero attached hydrogens (tertiary/aromatic N) is 5. The Bertz CT molecular complexity index is 943. The molecule has 0 bridgehead atoms. The van der Waals surface area contributed by atoms with Crippen LogP contribution in [0.5, 0.6) is 0 Å². The summed E-state index contributed by atoms with van der Waals surface area (Å²) < 4.78 is 15.4. The molecule has 1 aliphatic rings. The lowest BCUT2D eigenvalue weighted by Crippen LogP contribution is -2.53. The summed E-state index contributed by atoms with van der Waals surface area (Å²) in [6.07, 6.45) is 6.28. The Hall–Kier alpha value is -2.51. The molecule has 2 aromatic heterocycles. The Labute approximate surface area is 176 Å². The van der Waals surface area contributed by atoms with Gasteiger partial charge in [-0.2, -0.15) is 5.10 Å². The summed E-state index contributed by atoms with van der Waals surface area (Å²) in [4.78, 5) is 11.5. The number of anilines is 1. The van der Waals surface area contributed by atoms with Gasteiger partial charge in [-0.1, -0.05) is 0 Å². The van der Waals surface area contributed by atoms with E-state index in [4.69, 9.17) is 0 Å². The van der Waals surface area contributed by atoms with Crippen molar-refractivity contribution in [3.05, 3.63) is 59.9 Å². The lowest BCUT2D eigenvalue weighted by atomic mass is 10.0. The highest BCUT2D eigenvalue weighted by Crippen LogP contribution is 2.29. The van der Waals surface area contributed by atoms with Gasteiger partial charge in [0, 0.05) is 55.9 Å². The zero-order chi connectivity index (χ0) is 19.5. The summed E-state index contributed by atoms with van der Waals surface area (Å²) >= 11 is 0. The number of halogens is 2. The molecule has 4 rings (SSSR count). The molecule has 29 heavy (non-hydrogen) atoms. The first kappa shape index (κ1) is 21.2. The number of hydrogen-bond acceptors (Lipinski definition) is 5. The first-order valence-electron chi connectivity index (χ1n) is 9.73. The second-order valence-corrected chi connectivity index (χ2v) is 7.06. The highest BCUT2D eigenvalue weighted by Gasteiger charge is 2.27. The Balaban J connectivity index is 0.00000240. The van der Waals surface area contributed by atoms with E-state index in [-0.39, 0.29) is 24.3 Å². The van der Waals surface area contributed by atoms with E-state index in [1.165, 1.54) is 23.4 Å². The minimum atomic E-state index is -0.252. The maximum atomic E-state index is 13.4. The molecule has 6 nitrogen and oxygen atoms in total. The summed E-state index contributed by atoms with van der Waals surface area (Å²) in [7, 11) is 0. The van der Waals surface area contributed by atoms with Crippen LogP contribution in [0, 0.1) is 12.7 Å². The van der Waals surface area contributed by atoms with Gasteiger partial charge in [0.05, 0.1) is 6.20 Å². The van der Waals surface area contributed by atoms with E-state index in [1.54, 1.807) is 24.5 Å². The van der Waals surface area contributed by atoms with E-state index in [2.05, 4.69) is 39.1 Å². The molecule has 154 valence electrons. The van der Waals surface area contributed by atoms with E-state index in [1.807, 2.05) is 10.9 Å². The largest absolute Gasteiger partial charge is 0.349 e. The zero-order valence-electron chi connectivity index (χ0n) is 16.7. The van der Waals surface area contributed by atoms with Crippen LogP contribution in [-0.4, -0.2) is 45.4 Å². The Kier molecular flexibility index (Phi) is 6.82. The first-order chi connectivity index (χ1) is 13.7. The summed E-state index contributed by atoms with van der Waals surface area (Å²) in [5, 5.41) is 7.98. The van der Waals surface area contributed by atoms with Crippen molar-refractivity contribution in [1.29, 1.82) is 0 Å². The van der Waals surface area contributed by atoms with Crippen LogP contribution >= 0.6 is 12.4 Å². The maximum absolute atomic E-state index is 13.4. The summed E-state index contributed by atoms with van der Waals surface area (Å²) in [5.74, 6) is 0.596. The van der Waals surface area contributed by atoms with Crippen molar-refractivity contribution in [2.45, 2.75) is 32.9 Å². The third-order valence-corrected chi connectivity index (χ3v) is 5.38.